The number of aryl methyl sites for hydroxylation is 1. The van der Waals surface area contributed by atoms with Crippen LogP contribution >= 0.6 is 0 Å². The highest BCUT2D eigenvalue weighted by atomic mass is 19.1. The van der Waals surface area contributed by atoms with Gasteiger partial charge in [-0.05, 0) is 53.1 Å². The maximum atomic E-state index is 14.6. The van der Waals surface area contributed by atoms with Crippen molar-refractivity contribution in [3.05, 3.63) is 106 Å². The molecule has 0 radical (unpaired) electrons. The van der Waals surface area contributed by atoms with Crippen molar-refractivity contribution in [2.45, 2.75) is 39.0 Å². The molecular weight excluding hydrogens is 350 g/mol. The van der Waals surface area contributed by atoms with Crippen LogP contribution in [0.2, 0.25) is 0 Å². The van der Waals surface area contributed by atoms with Crippen molar-refractivity contribution in [2.75, 3.05) is 0 Å². The second-order valence-corrected chi connectivity index (χ2v) is 7.31. The summed E-state index contributed by atoms with van der Waals surface area (Å²) in [5, 5.41) is 0. The summed E-state index contributed by atoms with van der Waals surface area (Å²) in [6.45, 7) is 4.18. The first-order chi connectivity index (χ1) is 13.6. The van der Waals surface area contributed by atoms with Gasteiger partial charge >= 0.3 is 0 Å². The minimum absolute atomic E-state index is 0.219. The molecule has 0 saturated heterocycles. The minimum atomic E-state index is -0.240. The molecule has 0 aromatic heterocycles. The fourth-order valence-electron chi connectivity index (χ4n) is 3.40. The van der Waals surface area contributed by atoms with Gasteiger partial charge in [-0.25, -0.2) is 8.78 Å². The Hall–Kier alpha value is -2.74. The van der Waals surface area contributed by atoms with Gasteiger partial charge in [0, 0.05) is 5.56 Å². The average Bonchev–Trinajstić information content (AvgIpc) is 2.70. The summed E-state index contributed by atoms with van der Waals surface area (Å²) >= 11 is 0. The number of hydrogen-bond acceptors (Lipinski definition) is 0. The average molecular weight is 376 g/mol. The van der Waals surface area contributed by atoms with Crippen LogP contribution in [0.15, 0.2) is 66.7 Å². The third kappa shape index (κ3) is 5.16. The van der Waals surface area contributed by atoms with Crippen LogP contribution < -0.4 is 0 Å². The van der Waals surface area contributed by atoms with Crippen LogP contribution in [-0.2, 0) is 12.8 Å². The standard InChI is InChI=1S/C26H26F2/c1-3-7-20-10-13-23(25(27)17-20)14-11-21-12-15-24(26(28)18-21)16-19(2)22-8-5-4-6-9-22/h4-6,8-15,17-19H,3,7,16H2,1-2H3/t19-/m1/s1. The molecule has 0 heterocycles. The van der Waals surface area contributed by atoms with Crippen LogP contribution in [0.1, 0.15) is 54.0 Å². The molecule has 0 aliphatic heterocycles. The molecule has 0 fully saturated rings. The van der Waals surface area contributed by atoms with E-state index >= 15 is 0 Å². The van der Waals surface area contributed by atoms with E-state index in [1.54, 1.807) is 24.3 Å². The SMILES string of the molecule is CCCc1ccc(C=Cc2ccc(C[C@@H](C)c3ccccc3)c(F)c2)c(F)c1. The van der Waals surface area contributed by atoms with Crippen molar-refractivity contribution in [2.24, 2.45) is 0 Å². The zero-order chi connectivity index (χ0) is 19.9. The Labute approximate surface area is 166 Å². The lowest BCUT2D eigenvalue weighted by atomic mass is 9.93. The summed E-state index contributed by atoms with van der Waals surface area (Å²) in [7, 11) is 0. The topological polar surface area (TPSA) is 0 Å². The normalized spacial score (nSPS) is 12.4. The Balaban J connectivity index is 1.71. The summed E-state index contributed by atoms with van der Waals surface area (Å²) in [5.74, 6) is -0.215. The van der Waals surface area contributed by atoms with Crippen molar-refractivity contribution >= 4 is 12.2 Å². The first-order valence-corrected chi connectivity index (χ1v) is 9.86. The van der Waals surface area contributed by atoms with Crippen molar-refractivity contribution in [1.82, 2.24) is 0 Å². The smallest absolute Gasteiger partial charge is 0.130 e. The zero-order valence-electron chi connectivity index (χ0n) is 16.5. The molecule has 0 spiro atoms. The minimum Gasteiger partial charge on any atom is -0.207 e. The highest BCUT2D eigenvalue weighted by Crippen LogP contribution is 2.23. The predicted octanol–water partition coefficient (Wildman–Crippen LogP) is 7.43. The Kier molecular flexibility index (Phi) is 6.76. The van der Waals surface area contributed by atoms with Gasteiger partial charge in [0.15, 0.2) is 0 Å². The van der Waals surface area contributed by atoms with Crippen LogP contribution in [-0.4, -0.2) is 0 Å². The van der Waals surface area contributed by atoms with Crippen LogP contribution in [0.5, 0.6) is 0 Å². The Morgan fingerprint density at radius 3 is 2.32 bits per heavy atom. The van der Waals surface area contributed by atoms with E-state index < -0.39 is 0 Å². The molecule has 0 saturated carbocycles. The number of hydrogen-bond donors (Lipinski definition) is 0. The molecule has 3 aromatic carbocycles. The van der Waals surface area contributed by atoms with Crippen molar-refractivity contribution in [1.29, 1.82) is 0 Å². The molecule has 3 aromatic rings. The first-order valence-electron chi connectivity index (χ1n) is 9.86. The maximum absolute atomic E-state index is 14.6. The molecule has 0 aliphatic carbocycles. The van der Waals surface area contributed by atoms with E-state index in [4.69, 9.17) is 0 Å². The van der Waals surface area contributed by atoms with Crippen LogP contribution in [0.25, 0.3) is 12.2 Å². The van der Waals surface area contributed by atoms with Crippen molar-refractivity contribution in [3.8, 4) is 0 Å². The summed E-state index contributed by atoms with van der Waals surface area (Å²) < 4.78 is 28.8. The third-order valence-electron chi connectivity index (χ3n) is 5.03. The van der Waals surface area contributed by atoms with E-state index in [0.717, 1.165) is 24.0 Å². The first kappa shape index (κ1) is 20.0. The molecule has 1 atom stereocenters. The molecule has 0 bridgehead atoms. The molecule has 144 valence electrons. The summed E-state index contributed by atoms with van der Waals surface area (Å²) in [6, 6.07) is 20.7. The van der Waals surface area contributed by atoms with Gasteiger partial charge in [-0.2, -0.15) is 0 Å². The lowest BCUT2D eigenvalue weighted by Gasteiger charge is -2.13. The zero-order valence-corrected chi connectivity index (χ0v) is 16.5. The van der Waals surface area contributed by atoms with Gasteiger partial charge in [0.1, 0.15) is 11.6 Å². The molecule has 0 aliphatic rings. The van der Waals surface area contributed by atoms with Gasteiger partial charge in [-0.1, -0.05) is 87.0 Å². The van der Waals surface area contributed by atoms with Crippen LogP contribution in [0, 0.1) is 11.6 Å². The van der Waals surface area contributed by atoms with Crippen molar-refractivity contribution in [3.63, 3.8) is 0 Å². The summed E-state index contributed by atoms with van der Waals surface area (Å²) in [4.78, 5) is 0. The predicted molar refractivity (Wildman–Crippen MR) is 114 cm³/mol. The van der Waals surface area contributed by atoms with Gasteiger partial charge in [0.25, 0.3) is 0 Å². The largest absolute Gasteiger partial charge is 0.207 e. The fraction of sp³-hybridized carbons (Fsp3) is 0.231. The molecule has 0 amide bonds. The fourth-order valence-corrected chi connectivity index (χ4v) is 3.40. The molecule has 0 nitrogen and oxygen atoms in total. The maximum Gasteiger partial charge on any atom is 0.130 e. The molecular formula is C26H26F2. The number of rotatable bonds is 7. The summed E-state index contributed by atoms with van der Waals surface area (Å²) in [6.07, 6.45) is 5.96. The Morgan fingerprint density at radius 1 is 0.857 bits per heavy atom. The lowest BCUT2D eigenvalue weighted by Crippen LogP contribution is -2.00. The quantitative estimate of drug-likeness (QED) is 0.376. The second kappa shape index (κ2) is 9.45. The van der Waals surface area contributed by atoms with E-state index in [1.165, 1.54) is 11.6 Å². The van der Waals surface area contributed by atoms with E-state index in [0.29, 0.717) is 17.5 Å². The Morgan fingerprint density at radius 2 is 1.64 bits per heavy atom. The monoisotopic (exact) mass is 376 g/mol. The van der Waals surface area contributed by atoms with E-state index in [2.05, 4.69) is 26.0 Å². The second-order valence-electron chi connectivity index (χ2n) is 7.31. The van der Waals surface area contributed by atoms with Crippen LogP contribution in [0.4, 0.5) is 8.78 Å². The molecule has 2 heteroatoms. The van der Waals surface area contributed by atoms with Gasteiger partial charge in [0.05, 0.1) is 0 Å². The van der Waals surface area contributed by atoms with E-state index in [9.17, 15) is 8.78 Å². The van der Waals surface area contributed by atoms with Gasteiger partial charge < -0.3 is 0 Å². The summed E-state index contributed by atoms with van der Waals surface area (Å²) in [5.41, 5.74) is 4.14. The number of benzene rings is 3. The van der Waals surface area contributed by atoms with E-state index in [1.807, 2.05) is 36.4 Å². The molecule has 3 rings (SSSR count). The Bertz CT molecular complexity index is 942. The number of halogens is 2. The van der Waals surface area contributed by atoms with Gasteiger partial charge in [0.2, 0.25) is 0 Å². The van der Waals surface area contributed by atoms with E-state index in [-0.39, 0.29) is 17.6 Å². The highest BCUT2D eigenvalue weighted by Gasteiger charge is 2.10. The lowest BCUT2D eigenvalue weighted by molar-refractivity contribution is 0.597. The van der Waals surface area contributed by atoms with Gasteiger partial charge in [-0.15, -0.1) is 0 Å². The van der Waals surface area contributed by atoms with Crippen molar-refractivity contribution < 1.29 is 8.78 Å². The van der Waals surface area contributed by atoms with Crippen LogP contribution in [0.3, 0.4) is 0 Å². The highest BCUT2D eigenvalue weighted by molar-refractivity contribution is 5.70. The van der Waals surface area contributed by atoms with Gasteiger partial charge in [-0.3, -0.25) is 0 Å². The third-order valence-corrected chi connectivity index (χ3v) is 5.03. The molecule has 28 heavy (non-hydrogen) atoms. The molecule has 0 N–H and O–H groups in total. The molecule has 0 unspecified atom stereocenters.